The maximum absolute atomic E-state index is 12.5. The molecule has 0 radical (unpaired) electrons. The van der Waals surface area contributed by atoms with Crippen molar-refractivity contribution in [3.05, 3.63) is 35.1 Å². The van der Waals surface area contributed by atoms with Gasteiger partial charge in [0.1, 0.15) is 17.8 Å². The molecule has 2 aromatic rings. The lowest BCUT2D eigenvalue weighted by Gasteiger charge is -2.31. The highest BCUT2D eigenvalue weighted by molar-refractivity contribution is 6.31. The predicted octanol–water partition coefficient (Wildman–Crippen LogP) is 1.83. The molecule has 3 heterocycles. The zero-order valence-electron chi connectivity index (χ0n) is 12.2. The number of aryl methyl sites for hydroxylation is 2. The molecule has 0 unspecified atom stereocenters. The summed E-state index contributed by atoms with van der Waals surface area (Å²) in [4.78, 5) is 14.4. The Hall–Kier alpha value is -1.82. The van der Waals surface area contributed by atoms with Crippen LogP contribution < -0.4 is 0 Å². The highest BCUT2D eigenvalue weighted by atomic mass is 35.5. The van der Waals surface area contributed by atoms with Crippen LogP contribution in [0.25, 0.3) is 0 Å². The summed E-state index contributed by atoms with van der Waals surface area (Å²) in [6.07, 6.45) is 5.30. The second-order valence-electron chi connectivity index (χ2n) is 5.52. The normalized spacial score (nSPS) is 16.4. The summed E-state index contributed by atoms with van der Waals surface area (Å²) >= 11 is 5.95. The van der Waals surface area contributed by atoms with Gasteiger partial charge in [-0.1, -0.05) is 11.6 Å². The first-order valence-electron chi connectivity index (χ1n) is 7.01. The Balaban J connectivity index is 1.67. The third-order valence-electron chi connectivity index (χ3n) is 4.08. The number of carbonyl (C=O) groups excluding carboxylic acids is 1. The number of halogens is 1. The van der Waals surface area contributed by atoms with Gasteiger partial charge in [0.2, 0.25) is 0 Å². The second kappa shape index (κ2) is 5.52. The van der Waals surface area contributed by atoms with E-state index in [1.807, 2.05) is 23.6 Å². The van der Waals surface area contributed by atoms with Gasteiger partial charge in [0.15, 0.2) is 0 Å². The van der Waals surface area contributed by atoms with Crippen molar-refractivity contribution in [2.45, 2.75) is 18.8 Å². The molecule has 2 aromatic heterocycles. The molecule has 1 fully saturated rings. The minimum atomic E-state index is 0.0424. The van der Waals surface area contributed by atoms with Crippen molar-refractivity contribution >= 4 is 17.5 Å². The van der Waals surface area contributed by atoms with E-state index in [0.717, 1.165) is 31.8 Å². The molecular formula is C14H18ClN5O. The van der Waals surface area contributed by atoms with Gasteiger partial charge in [-0.2, -0.15) is 0 Å². The molecule has 1 aliphatic rings. The molecule has 0 atom stereocenters. The van der Waals surface area contributed by atoms with Gasteiger partial charge in [0.25, 0.3) is 5.91 Å². The number of aromatic nitrogens is 4. The number of nitrogens with zero attached hydrogens (tertiary/aromatic N) is 5. The SMILES string of the molecule is Cn1cc(Cl)cc1C(=O)N1CCC(c2nncn2C)CC1. The van der Waals surface area contributed by atoms with Crippen LogP contribution in [0.1, 0.15) is 35.1 Å². The number of hydrogen-bond donors (Lipinski definition) is 0. The van der Waals surface area contributed by atoms with Crippen molar-refractivity contribution in [1.29, 1.82) is 0 Å². The Bertz CT molecular complexity index is 654. The predicted molar refractivity (Wildman–Crippen MR) is 79.3 cm³/mol. The molecule has 1 saturated heterocycles. The number of hydrogen-bond acceptors (Lipinski definition) is 3. The maximum Gasteiger partial charge on any atom is 0.270 e. The van der Waals surface area contributed by atoms with E-state index in [1.165, 1.54) is 0 Å². The molecule has 6 nitrogen and oxygen atoms in total. The smallest absolute Gasteiger partial charge is 0.270 e. The molecule has 0 saturated carbocycles. The van der Waals surface area contributed by atoms with Gasteiger partial charge >= 0.3 is 0 Å². The van der Waals surface area contributed by atoms with Gasteiger partial charge in [-0.15, -0.1) is 10.2 Å². The summed E-state index contributed by atoms with van der Waals surface area (Å²) in [5.41, 5.74) is 0.636. The van der Waals surface area contributed by atoms with Gasteiger partial charge < -0.3 is 14.0 Å². The average molecular weight is 308 g/mol. The lowest BCUT2D eigenvalue weighted by molar-refractivity contribution is 0.0701. The minimum Gasteiger partial charge on any atom is -0.345 e. The summed E-state index contributed by atoms with van der Waals surface area (Å²) in [6, 6.07) is 1.72. The number of carbonyl (C=O) groups is 1. The third-order valence-corrected chi connectivity index (χ3v) is 4.29. The topological polar surface area (TPSA) is 56.0 Å². The number of rotatable bonds is 2. The van der Waals surface area contributed by atoms with Crippen molar-refractivity contribution in [1.82, 2.24) is 24.2 Å². The fourth-order valence-corrected chi connectivity index (χ4v) is 3.15. The lowest BCUT2D eigenvalue weighted by atomic mass is 9.96. The summed E-state index contributed by atoms with van der Waals surface area (Å²) < 4.78 is 3.73. The molecule has 7 heteroatoms. The second-order valence-corrected chi connectivity index (χ2v) is 5.96. The van der Waals surface area contributed by atoms with Crippen LogP contribution in [0.5, 0.6) is 0 Å². The molecule has 112 valence electrons. The van der Waals surface area contributed by atoms with Crippen LogP contribution >= 0.6 is 11.6 Å². The van der Waals surface area contributed by atoms with E-state index in [-0.39, 0.29) is 5.91 Å². The molecule has 0 N–H and O–H groups in total. The molecule has 0 spiro atoms. The number of amides is 1. The standard InChI is InChI=1S/C14H18ClN5O/c1-18-8-11(15)7-12(18)14(21)20-5-3-10(4-6-20)13-17-16-9-19(13)2/h7-10H,3-6H2,1-2H3. The van der Waals surface area contributed by atoms with E-state index in [1.54, 1.807) is 23.2 Å². The van der Waals surface area contributed by atoms with Crippen molar-refractivity contribution < 1.29 is 4.79 Å². The van der Waals surface area contributed by atoms with Crippen molar-refractivity contribution in [2.24, 2.45) is 14.1 Å². The largest absolute Gasteiger partial charge is 0.345 e. The Kier molecular flexibility index (Phi) is 3.71. The van der Waals surface area contributed by atoms with Crippen LogP contribution in [0.15, 0.2) is 18.6 Å². The van der Waals surface area contributed by atoms with Gasteiger partial charge in [-0.3, -0.25) is 4.79 Å². The van der Waals surface area contributed by atoms with Gasteiger partial charge in [0, 0.05) is 39.3 Å². The summed E-state index contributed by atoms with van der Waals surface area (Å²) in [7, 11) is 3.80. The van der Waals surface area contributed by atoms with Crippen LogP contribution in [0.2, 0.25) is 5.02 Å². The molecule has 0 aliphatic carbocycles. The van der Waals surface area contributed by atoms with Crippen LogP contribution in [0.3, 0.4) is 0 Å². The molecular weight excluding hydrogens is 290 g/mol. The molecule has 3 rings (SSSR count). The fourth-order valence-electron chi connectivity index (χ4n) is 2.90. The number of piperidine rings is 1. The van der Waals surface area contributed by atoms with E-state index in [0.29, 0.717) is 16.6 Å². The quantitative estimate of drug-likeness (QED) is 0.850. The van der Waals surface area contributed by atoms with Crippen molar-refractivity contribution in [3.8, 4) is 0 Å². The van der Waals surface area contributed by atoms with Gasteiger partial charge in [-0.25, -0.2) is 0 Å². The third kappa shape index (κ3) is 2.68. The van der Waals surface area contributed by atoms with Crippen LogP contribution in [-0.4, -0.2) is 43.2 Å². The minimum absolute atomic E-state index is 0.0424. The highest BCUT2D eigenvalue weighted by Crippen LogP contribution is 2.27. The first-order valence-corrected chi connectivity index (χ1v) is 7.39. The maximum atomic E-state index is 12.5. The van der Waals surface area contributed by atoms with E-state index in [9.17, 15) is 4.79 Å². The first kappa shape index (κ1) is 14.1. The molecule has 1 aliphatic heterocycles. The summed E-state index contributed by atoms with van der Waals surface area (Å²) in [6.45, 7) is 1.47. The monoisotopic (exact) mass is 307 g/mol. The summed E-state index contributed by atoms with van der Waals surface area (Å²) in [5.74, 6) is 1.42. The molecule has 0 aromatic carbocycles. The number of likely N-dealkylation sites (tertiary alicyclic amines) is 1. The van der Waals surface area contributed by atoms with Gasteiger partial charge in [-0.05, 0) is 18.9 Å². The Morgan fingerprint density at radius 2 is 2.00 bits per heavy atom. The Labute approximate surface area is 128 Å². The van der Waals surface area contributed by atoms with E-state index in [4.69, 9.17) is 11.6 Å². The van der Waals surface area contributed by atoms with Crippen LogP contribution in [0, 0.1) is 0 Å². The van der Waals surface area contributed by atoms with E-state index >= 15 is 0 Å². The van der Waals surface area contributed by atoms with E-state index < -0.39 is 0 Å². The fraction of sp³-hybridized carbons (Fsp3) is 0.500. The van der Waals surface area contributed by atoms with E-state index in [2.05, 4.69) is 10.2 Å². The van der Waals surface area contributed by atoms with Crippen molar-refractivity contribution in [2.75, 3.05) is 13.1 Å². The van der Waals surface area contributed by atoms with Gasteiger partial charge in [0.05, 0.1) is 5.02 Å². The molecule has 1 amide bonds. The molecule has 21 heavy (non-hydrogen) atoms. The summed E-state index contributed by atoms with van der Waals surface area (Å²) in [5, 5.41) is 8.69. The zero-order valence-corrected chi connectivity index (χ0v) is 12.9. The Morgan fingerprint density at radius 1 is 1.29 bits per heavy atom. The molecule has 0 bridgehead atoms. The zero-order chi connectivity index (χ0) is 15.0. The van der Waals surface area contributed by atoms with Crippen LogP contribution in [0.4, 0.5) is 0 Å². The van der Waals surface area contributed by atoms with Crippen molar-refractivity contribution in [3.63, 3.8) is 0 Å². The highest BCUT2D eigenvalue weighted by Gasteiger charge is 2.27. The first-order chi connectivity index (χ1) is 10.1. The lowest BCUT2D eigenvalue weighted by Crippen LogP contribution is -2.39. The average Bonchev–Trinajstić information content (AvgIpc) is 3.04. The van der Waals surface area contributed by atoms with Crippen LogP contribution in [-0.2, 0) is 14.1 Å². The Morgan fingerprint density at radius 3 is 2.52 bits per heavy atom.